The van der Waals surface area contributed by atoms with Crippen molar-refractivity contribution < 1.29 is 35.5 Å². The van der Waals surface area contributed by atoms with Gasteiger partial charge in [-0.15, -0.1) is 0 Å². The minimum absolute atomic E-state index is 0.00101. The topological polar surface area (TPSA) is 24.8 Å². The molecule has 0 saturated heterocycles. The van der Waals surface area contributed by atoms with Gasteiger partial charge in [0.15, 0.2) is 11.6 Å². The summed E-state index contributed by atoms with van der Waals surface area (Å²) in [5.41, 5.74) is -2.82. The molecule has 0 fully saturated rings. The third-order valence-electron chi connectivity index (χ3n) is 4.82. The lowest BCUT2D eigenvalue weighted by molar-refractivity contribution is -0.0981. The van der Waals surface area contributed by atoms with Crippen molar-refractivity contribution in [3.05, 3.63) is 63.2 Å². The molecule has 4 rings (SSSR count). The second-order valence-corrected chi connectivity index (χ2v) is 7.46. The Kier molecular flexibility index (Phi) is 4.56. The Morgan fingerprint density at radius 2 is 1.93 bits per heavy atom. The summed E-state index contributed by atoms with van der Waals surface area (Å²) in [5.74, 6) is -2.74. The lowest BCUT2D eigenvalue weighted by Gasteiger charge is -2.32. The molecular formula is C18H10BrF7N2O. The maximum atomic E-state index is 14.5. The molecule has 0 aromatic heterocycles. The summed E-state index contributed by atoms with van der Waals surface area (Å²) < 4.78 is 98.2. The number of hydrogen-bond acceptors (Lipinski definition) is 3. The fourth-order valence-electron chi connectivity index (χ4n) is 3.61. The molecule has 2 aliphatic heterocycles. The molecule has 1 unspecified atom stereocenters. The Morgan fingerprint density at radius 3 is 2.59 bits per heavy atom. The lowest BCUT2D eigenvalue weighted by Crippen LogP contribution is -2.36. The summed E-state index contributed by atoms with van der Waals surface area (Å²) in [5, 5.41) is 0. The number of allylic oxidation sites excluding steroid dienone is 2. The molecule has 1 aromatic carbocycles. The van der Waals surface area contributed by atoms with E-state index < -0.39 is 41.3 Å². The van der Waals surface area contributed by atoms with Gasteiger partial charge in [0.05, 0.1) is 22.2 Å². The van der Waals surface area contributed by atoms with Gasteiger partial charge in [-0.2, -0.15) is 22.0 Å². The van der Waals surface area contributed by atoms with Gasteiger partial charge in [-0.25, -0.2) is 8.78 Å². The Hall–Kier alpha value is -2.30. The number of halogens is 8. The van der Waals surface area contributed by atoms with Gasteiger partial charge in [0.25, 0.3) is 0 Å². The summed E-state index contributed by atoms with van der Waals surface area (Å²) in [6.45, 7) is -3.61. The second kappa shape index (κ2) is 6.61. The van der Waals surface area contributed by atoms with E-state index in [2.05, 4.69) is 25.7 Å². The maximum absolute atomic E-state index is 14.5. The summed E-state index contributed by atoms with van der Waals surface area (Å²) in [6, 6.07) is 2.73. The van der Waals surface area contributed by atoms with Crippen molar-refractivity contribution in [2.75, 3.05) is 6.54 Å². The van der Waals surface area contributed by atoms with Crippen molar-refractivity contribution in [2.24, 2.45) is 4.99 Å². The molecule has 2 heterocycles. The molecule has 3 nitrogen and oxygen atoms in total. The smallest absolute Gasteiger partial charge is 0.417 e. The number of nitrogens with zero attached hydrogens (tertiary/aromatic N) is 2. The zero-order valence-corrected chi connectivity index (χ0v) is 15.8. The first-order valence-electron chi connectivity index (χ1n) is 8.19. The third kappa shape index (κ3) is 3.24. The summed E-state index contributed by atoms with van der Waals surface area (Å²) in [7, 11) is 0. The average Bonchev–Trinajstić information content (AvgIpc) is 2.99. The number of fused-ring (bicyclic) bond motifs is 3. The highest BCUT2D eigenvalue weighted by Gasteiger charge is 2.48. The average molecular weight is 483 g/mol. The van der Waals surface area contributed by atoms with Gasteiger partial charge in [-0.05, 0) is 46.1 Å². The first-order chi connectivity index (χ1) is 13.5. The number of rotatable bonds is 2. The molecule has 0 saturated carbocycles. The van der Waals surface area contributed by atoms with E-state index in [1.807, 2.05) is 0 Å². The van der Waals surface area contributed by atoms with Gasteiger partial charge >= 0.3 is 12.8 Å². The number of alkyl halides is 5. The third-order valence-corrected chi connectivity index (χ3v) is 5.44. The van der Waals surface area contributed by atoms with E-state index in [-0.39, 0.29) is 34.4 Å². The Balaban J connectivity index is 1.86. The van der Waals surface area contributed by atoms with Crippen molar-refractivity contribution in [2.45, 2.75) is 24.7 Å². The Morgan fingerprint density at radius 1 is 1.21 bits per heavy atom. The minimum atomic E-state index is -4.81. The van der Waals surface area contributed by atoms with E-state index >= 15 is 0 Å². The molecule has 11 heteroatoms. The van der Waals surface area contributed by atoms with Crippen molar-refractivity contribution in [3.8, 4) is 0 Å². The number of ether oxygens (including phenoxy) is 1. The number of aliphatic imine (C=N–C) groups is 1. The molecule has 29 heavy (non-hydrogen) atoms. The molecule has 3 aliphatic rings. The van der Waals surface area contributed by atoms with E-state index in [1.165, 1.54) is 12.1 Å². The van der Waals surface area contributed by atoms with Crippen LogP contribution >= 0.6 is 15.9 Å². The highest BCUT2D eigenvalue weighted by atomic mass is 79.9. The molecule has 0 bridgehead atoms. The lowest BCUT2D eigenvalue weighted by atomic mass is 9.80. The van der Waals surface area contributed by atoms with Crippen LogP contribution in [0.1, 0.15) is 17.5 Å². The zero-order chi connectivity index (χ0) is 21.1. The van der Waals surface area contributed by atoms with Gasteiger partial charge < -0.3 is 9.64 Å². The SMILES string of the molecule is FC1=CCC2(CN3C=C(C(F)(F)F)C=C(OC(F)F)C3=N2)c2ccc(Br)c(F)c21. The highest BCUT2D eigenvalue weighted by Crippen LogP contribution is 2.48. The molecule has 1 aliphatic carbocycles. The van der Waals surface area contributed by atoms with Crippen LogP contribution in [-0.4, -0.2) is 30.1 Å². The normalized spacial score (nSPS) is 23.4. The molecule has 1 spiro atoms. The van der Waals surface area contributed by atoms with Crippen molar-refractivity contribution in [3.63, 3.8) is 0 Å². The predicted octanol–water partition coefficient (Wildman–Crippen LogP) is 5.79. The number of benzene rings is 1. The van der Waals surface area contributed by atoms with Crippen LogP contribution in [0.3, 0.4) is 0 Å². The monoisotopic (exact) mass is 482 g/mol. The molecule has 0 N–H and O–H groups in total. The standard InChI is InChI=1S/C18H10BrF7N2O/c19-10-2-1-9-13(14(10)21)11(20)3-4-17(9)7-28-6-8(18(24,25)26)5-12(15(28)27-17)29-16(22)23/h1-3,5-6,16H,4,7H2. The van der Waals surface area contributed by atoms with Crippen LogP contribution in [0.15, 0.2) is 51.3 Å². The summed E-state index contributed by atoms with van der Waals surface area (Å²) in [4.78, 5) is 5.32. The van der Waals surface area contributed by atoms with Gasteiger partial charge in [-0.3, -0.25) is 4.99 Å². The largest absolute Gasteiger partial charge is 0.431 e. The highest BCUT2D eigenvalue weighted by molar-refractivity contribution is 9.10. The van der Waals surface area contributed by atoms with Gasteiger partial charge in [-0.1, -0.05) is 6.07 Å². The first-order valence-corrected chi connectivity index (χ1v) is 8.98. The zero-order valence-electron chi connectivity index (χ0n) is 14.2. The van der Waals surface area contributed by atoms with Crippen LogP contribution in [0.25, 0.3) is 5.83 Å². The van der Waals surface area contributed by atoms with Crippen LogP contribution in [0.5, 0.6) is 0 Å². The Bertz CT molecular complexity index is 1010. The Labute approximate surface area is 168 Å². The summed E-state index contributed by atoms with van der Waals surface area (Å²) >= 11 is 2.96. The molecular weight excluding hydrogens is 473 g/mol. The van der Waals surface area contributed by atoms with Crippen LogP contribution in [-0.2, 0) is 10.3 Å². The second-order valence-electron chi connectivity index (χ2n) is 6.60. The van der Waals surface area contributed by atoms with Crippen LogP contribution in [0.2, 0.25) is 0 Å². The van der Waals surface area contributed by atoms with Crippen molar-refractivity contribution >= 4 is 27.6 Å². The molecule has 1 aromatic rings. The quantitative estimate of drug-likeness (QED) is 0.498. The van der Waals surface area contributed by atoms with E-state index in [0.29, 0.717) is 6.08 Å². The van der Waals surface area contributed by atoms with E-state index in [1.54, 1.807) is 0 Å². The van der Waals surface area contributed by atoms with Crippen molar-refractivity contribution in [1.29, 1.82) is 0 Å². The fraction of sp³-hybridized carbons (Fsp3) is 0.278. The number of hydrogen-bond donors (Lipinski definition) is 0. The molecule has 154 valence electrons. The molecule has 0 amide bonds. The maximum Gasteiger partial charge on any atom is 0.417 e. The van der Waals surface area contributed by atoms with Crippen LogP contribution < -0.4 is 0 Å². The molecule has 0 radical (unpaired) electrons. The van der Waals surface area contributed by atoms with Crippen LogP contribution in [0.4, 0.5) is 30.7 Å². The van der Waals surface area contributed by atoms with E-state index in [9.17, 15) is 30.7 Å². The van der Waals surface area contributed by atoms with E-state index in [0.717, 1.165) is 17.2 Å². The minimum Gasteiger partial charge on any atom is -0.431 e. The summed E-state index contributed by atoms with van der Waals surface area (Å²) in [6.07, 6.45) is -2.68. The van der Waals surface area contributed by atoms with Gasteiger partial charge in [0.2, 0.25) is 0 Å². The first kappa shape index (κ1) is 20.0. The number of amidine groups is 1. The fourth-order valence-corrected chi connectivity index (χ4v) is 3.94. The van der Waals surface area contributed by atoms with E-state index in [4.69, 9.17) is 0 Å². The molecule has 1 atom stereocenters. The predicted molar refractivity (Wildman–Crippen MR) is 92.9 cm³/mol. The van der Waals surface area contributed by atoms with Gasteiger partial charge in [0, 0.05) is 6.20 Å². The van der Waals surface area contributed by atoms with Crippen LogP contribution in [0, 0.1) is 5.82 Å². The van der Waals surface area contributed by atoms with Gasteiger partial charge in [0.1, 0.15) is 17.2 Å². The van der Waals surface area contributed by atoms with Crippen molar-refractivity contribution in [1.82, 2.24) is 4.90 Å².